The van der Waals surface area contributed by atoms with Gasteiger partial charge in [0, 0.05) is 44.4 Å². The number of anilines is 2. The molecule has 51 heavy (non-hydrogen) atoms. The van der Waals surface area contributed by atoms with Crippen molar-refractivity contribution in [3.8, 4) is 23.2 Å². The average molecular weight is 697 g/mol. The molecule has 2 unspecified atom stereocenters. The van der Waals surface area contributed by atoms with Crippen LogP contribution in [0.2, 0.25) is 0 Å². The van der Waals surface area contributed by atoms with Crippen LogP contribution in [0.4, 0.5) is 20.8 Å². The lowest BCUT2D eigenvalue weighted by Gasteiger charge is -2.34. The van der Waals surface area contributed by atoms with E-state index in [1.807, 2.05) is 32.9 Å². The fraction of sp³-hybridized carbons (Fsp3) is 0.444. The maximum absolute atomic E-state index is 15.2. The number of halogens is 1. The molecule has 14 nitrogen and oxygen atoms in total. The van der Waals surface area contributed by atoms with Gasteiger partial charge in [0.05, 0.1) is 18.3 Å². The van der Waals surface area contributed by atoms with E-state index in [1.165, 1.54) is 27.7 Å². The standard InChI is InChI=1S/C36H41FN10O4/c1-22-16-26(7-8-27(22)23-10-13-46(14-11-23)35(49)51-36(2,3)4)41-34-40-21-39-32(42-34)24-6-9-30(25(17-24)18-38)50-31-12-15-47(19-28(31)37)33(48)29-20-45(5)44-43-29/h6-9,16-17,20-21,23,28,31H,10-15,19H2,1-5H3,(H,39,40,41,42). The molecular formula is C36H41FN10O4. The van der Waals surface area contributed by atoms with Gasteiger partial charge in [-0.05, 0) is 87.9 Å². The van der Waals surface area contributed by atoms with E-state index in [-0.39, 0.29) is 42.6 Å². The summed E-state index contributed by atoms with van der Waals surface area (Å²) in [7, 11) is 1.65. The molecule has 2 amide bonds. The van der Waals surface area contributed by atoms with Crippen LogP contribution in [0.25, 0.3) is 11.4 Å². The van der Waals surface area contributed by atoms with Crippen LogP contribution >= 0.6 is 0 Å². The van der Waals surface area contributed by atoms with Gasteiger partial charge in [-0.2, -0.15) is 10.2 Å². The Kier molecular flexibility index (Phi) is 10.1. The number of piperidine rings is 2. The number of ether oxygens (including phenoxy) is 2. The van der Waals surface area contributed by atoms with Crippen LogP contribution in [0.1, 0.15) is 73.1 Å². The van der Waals surface area contributed by atoms with Gasteiger partial charge in [-0.3, -0.25) is 9.48 Å². The first-order chi connectivity index (χ1) is 24.4. The number of rotatable bonds is 7. The molecule has 2 saturated heterocycles. The van der Waals surface area contributed by atoms with Crippen molar-refractivity contribution in [3.05, 3.63) is 71.3 Å². The SMILES string of the molecule is Cc1cc(Nc2ncnc(-c3ccc(OC4CCN(C(=O)c5cn(C)nn5)CC4F)c(C#N)c3)n2)ccc1C1CCN(C(=O)OC(C)(C)C)CC1. The van der Waals surface area contributed by atoms with Gasteiger partial charge in [-0.15, -0.1) is 5.10 Å². The third-order valence-corrected chi connectivity index (χ3v) is 8.91. The van der Waals surface area contributed by atoms with Crippen molar-refractivity contribution in [2.75, 3.05) is 31.5 Å². The number of likely N-dealkylation sites (tertiary alicyclic amines) is 2. The third-order valence-electron chi connectivity index (χ3n) is 8.91. The van der Waals surface area contributed by atoms with Crippen molar-refractivity contribution in [3.63, 3.8) is 0 Å². The van der Waals surface area contributed by atoms with Gasteiger partial charge in [0.1, 0.15) is 29.9 Å². The molecule has 2 fully saturated rings. The van der Waals surface area contributed by atoms with Crippen LogP contribution in [0.3, 0.4) is 0 Å². The molecule has 266 valence electrons. The fourth-order valence-corrected chi connectivity index (χ4v) is 6.37. The van der Waals surface area contributed by atoms with E-state index >= 15 is 4.39 Å². The number of hydrogen-bond donors (Lipinski definition) is 1. The van der Waals surface area contributed by atoms with Crippen LogP contribution < -0.4 is 10.1 Å². The Morgan fingerprint density at radius 3 is 2.47 bits per heavy atom. The average Bonchev–Trinajstić information content (AvgIpc) is 3.54. The molecule has 15 heteroatoms. The number of carbonyl (C=O) groups is 2. The Morgan fingerprint density at radius 2 is 1.80 bits per heavy atom. The van der Waals surface area contributed by atoms with Crippen LogP contribution in [0.5, 0.6) is 5.75 Å². The van der Waals surface area contributed by atoms with E-state index in [4.69, 9.17) is 9.47 Å². The summed E-state index contributed by atoms with van der Waals surface area (Å²) in [6, 6.07) is 13.2. The lowest BCUT2D eigenvalue weighted by molar-refractivity contribution is 0.0196. The normalized spacial score (nSPS) is 18.2. The van der Waals surface area contributed by atoms with Gasteiger partial charge in [0.25, 0.3) is 5.91 Å². The number of nitriles is 1. The second kappa shape index (κ2) is 14.7. The predicted octanol–water partition coefficient (Wildman–Crippen LogP) is 5.34. The number of nitrogens with one attached hydrogen (secondary N) is 1. The monoisotopic (exact) mass is 696 g/mol. The summed E-state index contributed by atoms with van der Waals surface area (Å²) in [5.74, 6) is 0.866. The van der Waals surface area contributed by atoms with Crippen molar-refractivity contribution in [1.82, 2.24) is 39.7 Å². The van der Waals surface area contributed by atoms with Gasteiger partial charge < -0.3 is 24.6 Å². The minimum Gasteiger partial charge on any atom is -0.486 e. The molecule has 2 atom stereocenters. The Hall–Kier alpha value is -5.65. The molecule has 0 aliphatic carbocycles. The highest BCUT2D eigenvalue weighted by Crippen LogP contribution is 2.33. The maximum atomic E-state index is 15.2. The fourth-order valence-electron chi connectivity index (χ4n) is 6.37. The van der Waals surface area contributed by atoms with Crippen molar-refractivity contribution in [2.24, 2.45) is 7.05 Å². The van der Waals surface area contributed by atoms with Crippen molar-refractivity contribution >= 4 is 23.6 Å². The van der Waals surface area contributed by atoms with E-state index in [9.17, 15) is 14.9 Å². The number of amides is 2. The smallest absolute Gasteiger partial charge is 0.410 e. The first-order valence-corrected chi connectivity index (χ1v) is 16.9. The predicted molar refractivity (Wildman–Crippen MR) is 185 cm³/mol. The van der Waals surface area contributed by atoms with Gasteiger partial charge in [0.15, 0.2) is 17.7 Å². The molecule has 4 aromatic rings. The number of nitrogens with zero attached hydrogens (tertiary/aromatic N) is 9. The molecule has 0 bridgehead atoms. The third kappa shape index (κ3) is 8.39. The molecule has 2 aromatic heterocycles. The zero-order valence-electron chi connectivity index (χ0n) is 29.3. The molecule has 6 rings (SSSR count). The Labute approximate surface area is 295 Å². The molecule has 4 heterocycles. The number of aromatic nitrogens is 6. The largest absolute Gasteiger partial charge is 0.486 e. The number of hydrogen-bond acceptors (Lipinski definition) is 11. The van der Waals surface area contributed by atoms with Gasteiger partial charge in [-0.25, -0.2) is 19.2 Å². The lowest BCUT2D eigenvalue weighted by Crippen LogP contribution is -2.49. The lowest BCUT2D eigenvalue weighted by atomic mass is 9.87. The van der Waals surface area contributed by atoms with E-state index in [2.05, 4.69) is 49.6 Å². The van der Waals surface area contributed by atoms with E-state index < -0.39 is 23.8 Å². The summed E-state index contributed by atoms with van der Waals surface area (Å²) in [5, 5.41) is 20.8. The summed E-state index contributed by atoms with van der Waals surface area (Å²) in [6.45, 7) is 9.11. The zero-order valence-corrected chi connectivity index (χ0v) is 29.3. The Morgan fingerprint density at radius 1 is 1.04 bits per heavy atom. The number of alkyl halides is 1. The summed E-state index contributed by atoms with van der Waals surface area (Å²) in [5.41, 5.74) is 3.58. The number of benzene rings is 2. The first kappa shape index (κ1) is 35.2. The molecule has 2 aromatic carbocycles. The Bertz CT molecular complexity index is 1950. The summed E-state index contributed by atoms with van der Waals surface area (Å²) < 4.78 is 28.1. The van der Waals surface area contributed by atoms with Crippen LogP contribution in [-0.2, 0) is 11.8 Å². The highest BCUT2D eigenvalue weighted by Gasteiger charge is 2.35. The summed E-state index contributed by atoms with van der Waals surface area (Å²) >= 11 is 0. The minimum atomic E-state index is -1.46. The van der Waals surface area contributed by atoms with Crippen LogP contribution in [0, 0.1) is 18.3 Å². The Balaban J connectivity index is 1.07. The summed E-state index contributed by atoms with van der Waals surface area (Å²) in [6.07, 6.45) is 2.29. The highest BCUT2D eigenvalue weighted by atomic mass is 19.1. The van der Waals surface area contributed by atoms with E-state index in [0.29, 0.717) is 36.3 Å². The second-order valence-corrected chi connectivity index (χ2v) is 13.9. The first-order valence-electron chi connectivity index (χ1n) is 16.9. The van der Waals surface area contributed by atoms with E-state index in [1.54, 1.807) is 30.1 Å². The molecule has 2 aliphatic rings. The van der Waals surface area contributed by atoms with E-state index in [0.717, 1.165) is 24.1 Å². The second-order valence-electron chi connectivity index (χ2n) is 13.9. The van der Waals surface area contributed by atoms with Crippen LogP contribution in [0.15, 0.2) is 48.9 Å². The quantitative estimate of drug-likeness (QED) is 0.265. The molecule has 2 aliphatic heterocycles. The topological polar surface area (TPSA) is 164 Å². The number of carbonyl (C=O) groups excluding carboxylic acids is 2. The van der Waals surface area contributed by atoms with Crippen molar-refractivity contribution < 1.29 is 23.5 Å². The van der Waals surface area contributed by atoms with Gasteiger partial charge >= 0.3 is 6.09 Å². The van der Waals surface area contributed by atoms with Crippen molar-refractivity contribution in [2.45, 2.75) is 70.8 Å². The molecule has 0 spiro atoms. The molecule has 0 saturated carbocycles. The van der Waals surface area contributed by atoms with Gasteiger partial charge in [0.2, 0.25) is 5.95 Å². The minimum absolute atomic E-state index is 0.154. The molecular weight excluding hydrogens is 655 g/mol. The zero-order chi connectivity index (χ0) is 36.3. The number of aryl methyl sites for hydroxylation is 2. The van der Waals surface area contributed by atoms with Crippen molar-refractivity contribution in [1.29, 1.82) is 5.26 Å². The molecule has 1 N–H and O–H groups in total. The van der Waals surface area contributed by atoms with Gasteiger partial charge in [-0.1, -0.05) is 11.3 Å². The maximum Gasteiger partial charge on any atom is 0.410 e. The summed E-state index contributed by atoms with van der Waals surface area (Å²) in [4.78, 5) is 41.5. The molecule has 0 radical (unpaired) electrons. The highest BCUT2D eigenvalue weighted by molar-refractivity contribution is 5.92. The van der Waals surface area contributed by atoms with Crippen LogP contribution in [-0.4, -0.2) is 95.8 Å².